The lowest BCUT2D eigenvalue weighted by molar-refractivity contribution is -0.142. The molecule has 1 aromatic rings. The number of pyridine rings is 1. The van der Waals surface area contributed by atoms with Gasteiger partial charge in [0, 0.05) is 12.2 Å². The Labute approximate surface area is 130 Å². The average molecular weight is 305 g/mol. The lowest BCUT2D eigenvalue weighted by Gasteiger charge is -2.26. The van der Waals surface area contributed by atoms with E-state index in [1.807, 2.05) is 12.1 Å². The molecular weight excluding hydrogens is 282 g/mol. The van der Waals surface area contributed by atoms with Crippen LogP contribution in [0.1, 0.15) is 43.9 Å². The van der Waals surface area contributed by atoms with Gasteiger partial charge in [0.1, 0.15) is 0 Å². The van der Waals surface area contributed by atoms with Gasteiger partial charge in [-0.05, 0) is 49.8 Å². The van der Waals surface area contributed by atoms with Gasteiger partial charge in [-0.1, -0.05) is 6.92 Å². The zero-order chi connectivity index (χ0) is 15.9. The summed E-state index contributed by atoms with van der Waals surface area (Å²) in [5.41, 5.74) is 2.03. The number of amides is 2. The Morgan fingerprint density at radius 2 is 2.05 bits per heavy atom. The summed E-state index contributed by atoms with van der Waals surface area (Å²) in [4.78, 5) is 27.0. The summed E-state index contributed by atoms with van der Waals surface area (Å²) < 4.78 is 0. The normalized spacial score (nSPS) is 21.1. The first-order valence-corrected chi connectivity index (χ1v) is 7.79. The molecule has 1 aliphatic rings. The Bertz CT molecular complexity index is 525. The molecule has 0 radical (unpaired) electrons. The smallest absolute Gasteiger partial charge is 0.315 e. The Hall–Kier alpha value is -2.11. The molecule has 2 amide bonds. The molecule has 0 aliphatic heterocycles. The molecular formula is C16H23N3O3. The van der Waals surface area contributed by atoms with Crippen LogP contribution in [0, 0.1) is 5.92 Å². The van der Waals surface area contributed by atoms with Crippen LogP contribution in [-0.4, -0.2) is 28.1 Å². The number of rotatable bonds is 5. The van der Waals surface area contributed by atoms with Crippen molar-refractivity contribution < 1.29 is 14.7 Å². The number of nitrogens with zero attached hydrogens (tertiary/aromatic N) is 1. The van der Waals surface area contributed by atoms with E-state index < -0.39 is 5.97 Å². The van der Waals surface area contributed by atoms with E-state index in [0.29, 0.717) is 32.2 Å². The summed E-state index contributed by atoms with van der Waals surface area (Å²) in [6, 6.07) is 3.79. The van der Waals surface area contributed by atoms with E-state index in [-0.39, 0.29) is 18.0 Å². The summed E-state index contributed by atoms with van der Waals surface area (Å²) in [5.74, 6) is -0.994. The molecule has 2 rings (SSSR count). The summed E-state index contributed by atoms with van der Waals surface area (Å²) in [6.45, 7) is 2.47. The zero-order valence-electron chi connectivity index (χ0n) is 12.8. The molecule has 6 heteroatoms. The number of aryl methyl sites for hydroxylation is 1. The Morgan fingerprint density at radius 3 is 2.68 bits per heavy atom. The van der Waals surface area contributed by atoms with Gasteiger partial charge in [-0.25, -0.2) is 4.79 Å². The summed E-state index contributed by atoms with van der Waals surface area (Å²) in [5, 5.41) is 14.7. The third-order valence-corrected chi connectivity index (χ3v) is 4.13. The molecule has 0 unspecified atom stereocenters. The van der Waals surface area contributed by atoms with E-state index in [0.717, 1.165) is 12.1 Å². The molecule has 0 spiro atoms. The lowest BCUT2D eigenvalue weighted by atomic mass is 9.86. The largest absolute Gasteiger partial charge is 0.481 e. The fraction of sp³-hybridized carbons (Fsp3) is 0.562. The fourth-order valence-electron chi connectivity index (χ4n) is 2.74. The van der Waals surface area contributed by atoms with Crippen LogP contribution in [-0.2, 0) is 17.8 Å². The van der Waals surface area contributed by atoms with Crippen LogP contribution in [0.4, 0.5) is 4.79 Å². The van der Waals surface area contributed by atoms with Crippen molar-refractivity contribution in [3.8, 4) is 0 Å². The Kier molecular flexibility index (Phi) is 5.75. The molecule has 0 saturated heterocycles. The highest BCUT2D eigenvalue weighted by Crippen LogP contribution is 2.24. The first-order chi connectivity index (χ1) is 10.6. The second kappa shape index (κ2) is 7.77. The van der Waals surface area contributed by atoms with Crippen LogP contribution in [0.2, 0.25) is 0 Å². The predicted molar refractivity (Wildman–Crippen MR) is 82.4 cm³/mol. The number of hydrogen-bond donors (Lipinski definition) is 3. The van der Waals surface area contributed by atoms with Crippen molar-refractivity contribution in [1.29, 1.82) is 0 Å². The maximum atomic E-state index is 11.9. The van der Waals surface area contributed by atoms with Gasteiger partial charge < -0.3 is 15.7 Å². The third kappa shape index (κ3) is 4.72. The molecule has 1 fully saturated rings. The molecule has 1 saturated carbocycles. The maximum Gasteiger partial charge on any atom is 0.315 e. The van der Waals surface area contributed by atoms with Crippen molar-refractivity contribution in [1.82, 2.24) is 15.6 Å². The quantitative estimate of drug-likeness (QED) is 0.776. The average Bonchev–Trinajstić information content (AvgIpc) is 2.53. The van der Waals surface area contributed by atoms with Gasteiger partial charge >= 0.3 is 12.0 Å². The second-order valence-corrected chi connectivity index (χ2v) is 5.72. The lowest BCUT2D eigenvalue weighted by Crippen LogP contribution is -2.44. The number of hydrogen-bond acceptors (Lipinski definition) is 3. The van der Waals surface area contributed by atoms with Crippen molar-refractivity contribution in [2.45, 2.75) is 51.6 Å². The summed E-state index contributed by atoms with van der Waals surface area (Å²) in [6.07, 6.45) is 5.37. The first-order valence-electron chi connectivity index (χ1n) is 7.79. The van der Waals surface area contributed by atoms with Gasteiger partial charge in [0.15, 0.2) is 0 Å². The topological polar surface area (TPSA) is 91.3 Å². The van der Waals surface area contributed by atoms with Gasteiger partial charge in [-0.2, -0.15) is 0 Å². The number of carbonyl (C=O) groups excluding carboxylic acids is 1. The van der Waals surface area contributed by atoms with Crippen LogP contribution in [0.5, 0.6) is 0 Å². The number of aliphatic carboxylic acids is 1. The second-order valence-electron chi connectivity index (χ2n) is 5.72. The number of carboxylic acid groups (broad SMARTS) is 1. The van der Waals surface area contributed by atoms with Crippen LogP contribution in [0.25, 0.3) is 0 Å². The molecule has 1 aromatic heterocycles. The van der Waals surface area contributed by atoms with Crippen LogP contribution >= 0.6 is 0 Å². The highest BCUT2D eigenvalue weighted by atomic mass is 16.4. The molecule has 120 valence electrons. The minimum absolute atomic E-state index is 0.0607. The SMILES string of the molecule is CCc1ccnc(CNC(=O)NC2CCC(C(=O)O)CC2)c1. The number of nitrogens with one attached hydrogen (secondary N) is 2. The van der Waals surface area contributed by atoms with E-state index in [9.17, 15) is 9.59 Å². The maximum absolute atomic E-state index is 11.9. The monoisotopic (exact) mass is 305 g/mol. The van der Waals surface area contributed by atoms with Crippen LogP contribution in [0.3, 0.4) is 0 Å². The van der Waals surface area contributed by atoms with Gasteiger partial charge in [0.2, 0.25) is 0 Å². The highest BCUT2D eigenvalue weighted by Gasteiger charge is 2.26. The van der Waals surface area contributed by atoms with E-state index in [4.69, 9.17) is 5.11 Å². The van der Waals surface area contributed by atoms with Gasteiger partial charge in [0.25, 0.3) is 0 Å². The van der Waals surface area contributed by atoms with Gasteiger partial charge in [0.05, 0.1) is 18.2 Å². The zero-order valence-corrected chi connectivity index (χ0v) is 12.8. The molecule has 0 atom stereocenters. The predicted octanol–water partition coefficient (Wildman–Crippen LogP) is 2.09. The Balaban J connectivity index is 1.73. The molecule has 0 aromatic carbocycles. The molecule has 1 aliphatic carbocycles. The fourth-order valence-corrected chi connectivity index (χ4v) is 2.74. The van der Waals surface area contributed by atoms with Crippen molar-refractivity contribution in [3.05, 3.63) is 29.6 Å². The number of aromatic nitrogens is 1. The molecule has 3 N–H and O–H groups in total. The molecule has 6 nitrogen and oxygen atoms in total. The van der Waals surface area contributed by atoms with Crippen LogP contribution in [0.15, 0.2) is 18.3 Å². The van der Waals surface area contributed by atoms with E-state index in [2.05, 4.69) is 22.5 Å². The summed E-state index contributed by atoms with van der Waals surface area (Å²) in [7, 11) is 0. The standard InChI is InChI=1S/C16H23N3O3/c1-2-11-7-8-17-14(9-11)10-18-16(22)19-13-5-3-12(4-6-13)15(20)21/h7-9,12-13H,2-6,10H2,1H3,(H,20,21)(H2,18,19,22). The van der Waals surface area contributed by atoms with Crippen molar-refractivity contribution in [2.75, 3.05) is 0 Å². The van der Waals surface area contributed by atoms with E-state index >= 15 is 0 Å². The highest BCUT2D eigenvalue weighted by molar-refractivity contribution is 5.74. The number of carboxylic acids is 1. The van der Waals surface area contributed by atoms with Gasteiger partial charge in [-0.15, -0.1) is 0 Å². The minimum atomic E-state index is -0.732. The molecule has 22 heavy (non-hydrogen) atoms. The minimum Gasteiger partial charge on any atom is -0.481 e. The van der Waals surface area contributed by atoms with Gasteiger partial charge in [-0.3, -0.25) is 9.78 Å². The van der Waals surface area contributed by atoms with E-state index in [1.54, 1.807) is 6.20 Å². The van der Waals surface area contributed by atoms with Crippen molar-refractivity contribution in [3.63, 3.8) is 0 Å². The number of urea groups is 1. The van der Waals surface area contributed by atoms with E-state index in [1.165, 1.54) is 5.56 Å². The van der Waals surface area contributed by atoms with Crippen molar-refractivity contribution >= 4 is 12.0 Å². The first kappa shape index (κ1) is 16.3. The number of carbonyl (C=O) groups is 2. The molecule has 0 bridgehead atoms. The molecule has 1 heterocycles. The third-order valence-electron chi connectivity index (χ3n) is 4.13. The van der Waals surface area contributed by atoms with Crippen LogP contribution < -0.4 is 10.6 Å². The van der Waals surface area contributed by atoms with Crippen molar-refractivity contribution in [2.24, 2.45) is 5.92 Å². The Morgan fingerprint density at radius 1 is 1.32 bits per heavy atom. The summed E-state index contributed by atoms with van der Waals surface area (Å²) >= 11 is 0.